The van der Waals surface area contributed by atoms with Crippen molar-refractivity contribution in [2.24, 2.45) is 5.92 Å². The number of carbonyl (C=O) groups is 1. The molecule has 142 valence electrons. The Bertz CT molecular complexity index is 671. The van der Waals surface area contributed by atoms with E-state index in [1.165, 1.54) is 10.5 Å². The highest BCUT2D eigenvalue weighted by Crippen LogP contribution is 2.29. The number of rotatable bonds is 5. The Morgan fingerprint density at radius 2 is 2.04 bits per heavy atom. The molecule has 1 heterocycles. The van der Waals surface area contributed by atoms with E-state index < -0.39 is 6.09 Å². The standard InChI is InChI=1S/C19H27N3O4/c1-2-20(13-14-7-9-21(10-8-14)19(23)24)17-5-3-15-4-6-18(22(25)26)12-16(15)11-17/h4,6,12,14,17H,2-3,5,7-11,13H2,1H3,(H,23,24). The lowest BCUT2D eigenvalue weighted by molar-refractivity contribution is -0.384. The lowest BCUT2D eigenvalue weighted by Crippen LogP contribution is -2.45. The Morgan fingerprint density at radius 1 is 1.31 bits per heavy atom. The predicted molar refractivity (Wildman–Crippen MR) is 98.5 cm³/mol. The zero-order valence-electron chi connectivity index (χ0n) is 15.3. The van der Waals surface area contributed by atoms with E-state index in [4.69, 9.17) is 5.11 Å². The third-order valence-corrected chi connectivity index (χ3v) is 5.90. The molecule has 1 amide bonds. The van der Waals surface area contributed by atoms with Gasteiger partial charge in [-0.3, -0.25) is 10.1 Å². The number of nitro benzene ring substituents is 1. The molecule has 1 aromatic carbocycles. The van der Waals surface area contributed by atoms with Crippen LogP contribution in [-0.2, 0) is 12.8 Å². The molecule has 3 rings (SSSR count). The molecule has 1 N–H and O–H groups in total. The predicted octanol–water partition coefficient (Wildman–Crippen LogP) is 3.16. The molecule has 1 unspecified atom stereocenters. The van der Waals surface area contributed by atoms with Gasteiger partial charge in [0.2, 0.25) is 0 Å². The summed E-state index contributed by atoms with van der Waals surface area (Å²) in [6, 6.07) is 5.65. The normalized spacial score (nSPS) is 20.8. The fourth-order valence-corrected chi connectivity index (χ4v) is 4.32. The molecular weight excluding hydrogens is 334 g/mol. The van der Waals surface area contributed by atoms with Crippen molar-refractivity contribution in [3.8, 4) is 0 Å². The number of aryl methyl sites for hydroxylation is 1. The van der Waals surface area contributed by atoms with E-state index in [-0.39, 0.29) is 10.6 Å². The van der Waals surface area contributed by atoms with Crippen LogP contribution < -0.4 is 0 Å². The molecule has 26 heavy (non-hydrogen) atoms. The number of likely N-dealkylation sites (tertiary alicyclic amines) is 1. The molecular formula is C19H27N3O4. The van der Waals surface area contributed by atoms with Crippen molar-refractivity contribution in [2.45, 2.75) is 45.1 Å². The van der Waals surface area contributed by atoms with Gasteiger partial charge in [0.1, 0.15) is 0 Å². The SMILES string of the molecule is CCN(CC1CCN(C(=O)O)CC1)C1CCc2ccc([N+](=O)[O-])cc2C1. The first-order valence-corrected chi connectivity index (χ1v) is 9.46. The summed E-state index contributed by atoms with van der Waals surface area (Å²) in [5, 5.41) is 20.1. The average Bonchev–Trinajstić information content (AvgIpc) is 2.65. The van der Waals surface area contributed by atoms with Crippen molar-refractivity contribution in [1.82, 2.24) is 9.80 Å². The summed E-state index contributed by atoms with van der Waals surface area (Å²) in [6.07, 6.45) is 3.91. The van der Waals surface area contributed by atoms with Gasteiger partial charge < -0.3 is 14.9 Å². The molecule has 1 saturated heterocycles. The number of nitro groups is 1. The summed E-state index contributed by atoms with van der Waals surface area (Å²) in [5.74, 6) is 0.525. The summed E-state index contributed by atoms with van der Waals surface area (Å²) in [7, 11) is 0. The topological polar surface area (TPSA) is 86.9 Å². The lowest BCUT2D eigenvalue weighted by Gasteiger charge is -2.38. The highest BCUT2D eigenvalue weighted by Gasteiger charge is 2.28. The number of hydrogen-bond donors (Lipinski definition) is 1. The molecule has 1 atom stereocenters. The maximum Gasteiger partial charge on any atom is 0.407 e. The van der Waals surface area contributed by atoms with Gasteiger partial charge in [-0.15, -0.1) is 0 Å². The van der Waals surface area contributed by atoms with Gasteiger partial charge in [-0.2, -0.15) is 0 Å². The van der Waals surface area contributed by atoms with Gasteiger partial charge in [0.25, 0.3) is 5.69 Å². The second-order valence-electron chi connectivity index (χ2n) is 7.41. The average molecular weight is 361 g/mol. The fraction of sp³-hybridized carbons (Fsp3) is 0.632. The lowest BCUT2D eigenvalue weighted by atomic mass is 9.86. The maximum atomic E-state index is 11.0. The van der Waals surface area contributed by atoms with Gasteiger partial charge in [-0.25, -0.2) is 4.79 Å². The number of benzene rings is 1. The molecule has 1 fully saturated rings. The summed E-state index contributed by atoms with van der Waals surface area (Å²) in [6.45, 7) is 5.34. The van der Waals surface area contributed by atoms with Crippen molar-refractivity contribution in [3.63, 3.8) is 0 Å². The van der Waals surface area contributed by atoms with Crippen LogP contribution in [0.2, 0.25) is 0 Å². The number of likely N-dealkylation sites (N-methyl/N-ethyl adjacent to an activating group) is 1. The summed E-state index contributed by atoms with van der Waals surface area (Å²) in [4.78, 5) is 25.8. The first-order valence-electron chi connectivity index (χ1n) is 9.46. The first kappa shape index (κ1) is 18.6. The molecule has 7 nitrogen and oxygen atoms in total. The van der Waals surface area contributed by atoms with Gasteiger partial charge in [0, 0.05) is 37.8 Å². The van der Waals surface area contributed by atoms with Crippen LogP contribution in [0.1, 0.15) is 37.3 Å². The van der Waals surface area contributed by atoms with Crippen molar-refractivity contribution in [2.75, 3.05) is 26.2 Å². The van der Waals surface area contributed by atoms with Crippen molar-refractivity contribution >= 4 is 11.8 Å². The molecule has 2 aliphatic rings. The molecule has 0 saturated carbocycles. The zero-order chi connectivity index (χ0) is 18.7. The van der Waals surface area contributed by atoms with Crippen LogP contribution in [0, 0.1) is 16.0 Å². The van der Waals surface area contributed by atoms with Crippen LogP contribution in [0.15, 0.2) is 18.2 Å². The second kappa shape index (κ2) is 8.03. The maximum absolute atomic E-state index is 11.0. The van der Waals surface area contributed by atoms with E-state index in [0.29, 0.717) is 25.0 Å². The van der Waals surface area contributed by atoms with E-state index in [1.54, 1.807) is 12.1 Å². The van der Waals surface area contributed by atoms with Gasteiger partial charge in [0.05, 0.1) is 4.92 Å². The van der Waals surface area contributed by atoms with E-state index in [0.717, 1.165) is 50.8 Å². The summed E-state index contributed by atoms with van der Waals surface area (Å²) in [5.41, 5.74) is 2.51. The van der Waals surface area contributed by atoms with E-state index in [2.05, 4.69) is 11.8 Å². The van der Waals surface area contributed by atoms with Crippen LogP contribution in [-0.4, -0.2) is 58.1 Å². The van der Waals surface area contributed by atoms with Gasteiger partial charge >= 0.3 is 6.09 Å². The Balaban J connectivity index is 1.62. The van der Waals surface area contributed by atoms with Gasteiger partial charge in [-0.05, 0) is 55.7 Å². The Kier molecular flexibility index (Phi) is 5.76. The summed E-state index contributed by atoms with van der Waals surface area (Å²) >= 11 is 0. The molecule has 1 aliphatic heterocycles. The van der Waals surface area contributed by atoms with Crippen molar-refractivity contribution < 1.29 is 14.8 Å². The zero-order valence-corrected chi connectivity index (χ0v) is 15.3. The number of piperidine rings is 1. The third kappa shape index (κ3) is 4.15. The van der Waals surface area contributed by atoms with Crippen molar-refractivity contribution in [3.05, 3.63) is 39.4 Å². The molecule has 1 aliphatic carbocycles. The van der Waals surface area contributed by atoms with Crippen molar-refractivity contribution in [1.29, 1.82) is 0 Å². The molecule has 0 aromatic heterocycles. The molecule has 7 heteroatoms. The van der Waals surface area contributed by atoms with Crippen LogP contribution >= 0.6 is 0 Å². The molecule has 0 radical (unpaired) electrons. The Labute approximate surface area is 153 Å². The van der Waals surface area contributed by atoms with E-state index >= 15 is 0 Å². The Morgan fingerprint density at radius 3 is 2.65 bits per heavy atom. The number of non-ortho nitro benzene ring substituents is 1. The monoisotopic (exact) mass is 361 g/mol. The number of nitrogens with zero attached hydrogens (tertiary/aromatic N) is 3. The van der Waals surface area contributed by atoms with Crippen LogP contribution in [0.4, 0.5) is 10.5 Å². The molecule has 1 aromatic rings. The van der Waals surface area contributed by atoms with Crippen LogP contribution in [0.3, 0.4) is 0 Å². The number of carboxylic acid groups (broad SMARTS) is 1. The minimum Gasteiger partial charge on any atom is -0.465 e. The number of fused-ring (bicyclic) bond motifs is 1. The largest absolute Gasteiger partial charge is 0.465 e. The third-order valence-electron chi connectivity index (χ3n) is 5.90. The molecule has 0 spiro atoms. The minimum atomic E-state index is -0.818. The van der Waals surface area contributed by atoms with Crippen LogP contribution in [0.25, 0.3) is 0 Å². The van der Waals surface area contributed by atoms with E-state index in [9.17, 15) is 14.9 Å². The minimum absolute atomic E-state index is 0.175. The summed E-state index contributed by atoms with van der Waals surface area (Å²) < 4.78 is 0. The van der Waals surface area contributed by atoms with Gasteiger partial charge in [0.15, 0.2) is 0 Å². The second-order valence-corrected chi connectivity index (χ2v) is 7.41. The highest BCUT2D eigenvalue weighted by molar-refractivity contribution is 5.64. The fourth-order valence-electron chi connectivity index (χ4n) is 4.32. The van der Waals surface area contributed by atoms with Gasteiger partial charge in [-0.1, -0.05) is 13.0 Å². The Hall–Kier alpha value is -2.15. The quantitative estimate of drug-likeness (QED) is 0.643. The highest BCUT2D eigenvalue weighted by atomic mass is 16.6. The smallest absolute Gasteiger partial charge is 0.407 e. The van der Waals surface area contributed by atoms with E-state index in [1.807, 2.05) is 6.07 Å². The number of amides is 1. The number of hydrogen-bond acceptors (Lipinski definition) is 4. The molecule has 0 bridgehead atoms. The first-order chi connectivity index (χ1) is 12.5. The van der Waals surface area contributed by atoms with Crippen LogP contribution in [0.5, 0.6) is 0 Å².